The Balaban J connectivity index is 1.34. The van der Waals surface area contributed by atoms with Crippen LogP contribution in [0.3, 0.4) is 0 Å². The van der Waals surface area contributed by atoms with Crippen molar-refractivity contribution in [3.05, 3.63) is 64.3 Å². The Kier molecular flexibility index (Phi) is 8.20. The number of halogens is 1. The van der Waals surface area contributed by atoms with Crippen LogP contribution in [0.2, 0.25) is 5.02 Å². The van der Waals surface area contributed by atoms with Gasteiger partial charge in [0.1, 0.15) is 11.8 Å². The molecule has 0 radical (unpaired) electrons. The fourth-order valence-corrected chi connectivity index (χ4v) is 5.28. The summed E-state index contributed by atoms with van der Waals surface area (Å²) < 4.78 is 16.9. The van der Waals surface area contributed by atoms with Crippen molar-refractivity contribution in [2.45, 2.75) is 25.8 Å². The number of carbonyl (C=O) groups excluding carboxylic acids is 1. The number of benzene rings is 2. The maximum absolute atomic E-state index is 13.1. The van der Waals surface area contributed by atoms with Gasteiger partial charge in [-0.25, -0.2) is 4.79 Å². The number of aromatic nitrogens is 1. The number of nitrogens with zero attached hydrogens (tertiary/aromatic N) is 2. The highest BCUT2D eigenvalue weighted by molar-refractivity contribution is 6.31. The number of ether oxygens (including phenoxy) is 3. The molecule has 2 aliphatic rings. The van der Waals surface area contributed by atoms with Crippen molar-refractivity contribution in [2.75, 3.05) is 52.6 Å². The van der Waals surface area contributed by atoms with Gasteiger partial charge in [0.2, 0.25) is 0 Å². The first-order chi connectivity index (χ1) is 18.1. The van der Waals surface area contributed by atoms with Gasteiger partial charge in [0.05, 0.1) is 19.8 Å². The Hall–Kier alpha value is -3.18. The Bertz CT molecular complexity index is 1290. The van der Waals surface area contributed by atoms with Crippen molar-refractivity contribution in [1.29, 1.82) is 0 Å². The number of hydrogen-bond acceptors (Lipinski definition) is 5. The highest BCUT2D eigenvalue weighted by Crippen LogP contribution is 2.39. The molecule has 5 rings (SSSR count). The van der Waals surface area contributed by atoms with E-state index in [9.17, 15) is 4.79 Å². The SMILES string of the molecule is CC#CCOC(=O)N1CCc2c([nH]c3ccc(Cl)cc23)C1c1ccc(OCCCN2CCOCC2)cc1. The molecule has 1 amide bonds. The van der Waals surface area contributed by atoms with Crippen LogP contribution in [-0.2, 0) is 15.9 Å². The number of aromatic amines is 1. The molecule has 0 aliphatic carbocycles. The van der Waals surface area contributed by atoms with E-state index in [4.69, 9.17) is 25.8 Å². The summed E-state index contributed by atoms with van der Waals surface area (Å²) >= 11 is 6.30. The molecule has 0 bridgehead atoms. The van der Waals surface area contributed by atoms with Gasteiger partial charge in [0, 0.05) is 47.8 Å². The highest BCUT2D eigenvalue weighted by atomic mass is 35.5. The van der Waals surface area contributed by atoms with Crippen LogP contribution < -0.4 is 4.74 Å². The predicted octanol–water partition coefficient (Wildman–Crippen LogP) is 5.03. The van der Waals surface area contributed by atoms with Crippen molar-refractivity contribution in [1.82, 2.24) is 14.8 Å². The van der Waals surface area contributed by atoms with Crippen molar-refractivity contribution in [3.63, 3.8) is 0 Å². The van der Waals surface area contributed by atoms with Gasteiger partial charge in [-0.2, -0.15) is 0 Å². The van der Waals surface area contributed by atoms with Crippen LogP contribution in [0.5, 0.6) is 5.75 Å². The van der Waals surface area contributed by atoms with Gasteiger partial charge in [0.25, 0.3) is 0 Å². The maximum Gasteiger partial charge on any atom is 0.411 e. The smallest absolute Gasteiger partial charge is 0.411 e. The van der Waals surface area contributed by atoms with Crippen molar-refractivity contribution < 1.29 is 19.0 Å². The average molecular weight is 522 g/mol. The van der Waals surface area contributed by atoms with Crippen LogP contribution in [0.15, 0.2) is 42.5 Å². The van der Waals surface area contributed by atoms with Gasteiger partial charge >= 0.3 is 6.09 Å². The van der Waals surface area contributed by atoms with Gasteiger partial charge < -0.3 is 19.2 Å². The summed E-state index contributed by atoms with van der Waals surface area (Å²) in [6, 6.07) is 13.5. The molecule has 1 fully saturated rings. The van der Waals surface area contributed by atoms with Gasteiger partial charge in [-0.1, -0.05) is 29.7 Å². The molecule has 194 valence electrons. The van der Waals surface area contributed by atoms with E-state index >= 15 is 0 Å². The summed E-state index contributed by atoms with van der Waals surface area (Å²) in [4.78, 5) is 20.8. The summed E-state index contributed by atoms with van der Waals surface area (Å²) in [5.41, 5.74) is 4.16. The zero-order valence-electron chi connectivity index (χ0n) is 21.1. The quantitative estimate of drug-likeness (QED) is 0.349. The summed E-state index contributed by atoms with van der Waals surface area (Å²) in [6.45, 7) is 7.60. The van der Waals surface area contributed by atoms with Crippen LogP contribution in [-0.4, -0.2) is 73.5 Å². The van der Waals surface area contributed by atoms with E-state index in [0.717, 1.165) is 67.2 Å². The summed E-state index contributed by atoms with van der Waals surface area (Å²) in [5, 5.41) is 1.79. The molecule has 8 heteroatoms. The maximum atomic E-state index is 13.1. The second kappa shape index (κ2) is 11.9. The predicted molar refractivity (Wildman–Crippen MR) is 144 cm³/mol. The molecule has 37 heavy (non-hydrogen) atoms. The van der Waals surface area contributed by atoms with E-state index in [0.29, 0.717) is 24.6 Å². The first-order valence-corrected chi connectivity index (χ1v) is 13.2. The molecular formula is C29H32ClN3O4. The lowest BCUT2D eigenvalue weighted by Gasteiger charge is -2.35. The van der Waals surface area contributed by atoms with Crippen molar-refractivity contribution >= 4 is 28.6 Å². The first kappa shape index (κ1) is 25.5. The van der Waals surface area contributed by atoms with E-state index in [2.05, 4.69) is 21.7 Å². The van der Waals surface area contributed by atoms with E-state index in [1.807, 2.05) is 42.5 Å². The Morgan fingerprint density at radius 2 is 1.97 bits per heavy atom. The highest BCUT2D eigenvalue weighted by Gasteiger charge is 2.35. The largest absolute Gasteiger partial charge is 0.494 e. The lowest BCUT2D eigenvalue weighted by atomic mass is 9.92. The van der Waals surface area contributed by atoms with Crippen LogP contribution in [0.25, 0.3) is 10.9 Å². The van der Waals surface area contributed by atoms with Crippen molar-refractivity contribution in [2.24, 2.45) is 0 Å². The third kappa shape index (κ3) is 5.88. The normalized spacial score (nSPS) is 17.7. The minimum atomic E-state index is -0.376. The Morgan fingerprint density at radius 1 is 1.16 bits per heavy atom. The van der Waals surface area contributed by atoms with Crippen LogP contribution >= 0.6 is 11.6 Å². The topological polar surface area (TPSA) is 67.0 Å². The fraction of sp³-hybridized carbons (Fsp3) is 0.414. The molecule has 0 spiro atoms. The Labute approximate surface area is 222 Å². The van der Waals surface area contributed by atoms with E-state index in [-0.39, 0.29) is 18.7 Å². The monoisotopic (exact) mass is 521 g/mol. The molecular weight excluding hydrogens is 490 g/mol. The number of morpholine rings is 1. The number of hydrogen-bond donors (Lipinski definition) is 1. The second-order valence-corrected chi connectivity index (χ2v) is 9.70. The fourth-order valence-electron chi connectivity index (χ4n) is 5.11. The molecule has 1 unspecified atom stereocenters. The van der Waals surface area contributed by atoms with Crippen LogP contribution in [0, 0.1) is 11.8 Å². The number of nitrogens with one attached hydrogen (secondary N) is 1. The third-order valence-corrected chi connectivity index (χ3v) is 7.19. The molecule has 1 saturated heterocycles. The lowest BCUT2D eigenvalue weighted by Crippen LogP contribution is -2.41. The minimum Gasteiger partial charge on any atom is -0.494 e. The summed E-state index contributed by atoms with van der Waals surface area (Å²) in [7, 11) is 0. The third-order valence-electron chi connectivity index (χ3n) is 6.96. The summed E-state index contributed by atoms with van der Waals surface area (Å²) in [6.07, 6.45) is 1.30. The number of amides is 1. The molecule has 1 atom stereocenters. The van der Waals surface area contributed by atoms with Crippen LogP contribution in [0.1, 0.15) is 36.2 Å². The molecule has 7 nitrogen and oxygen atoms in total. The average Bonchev–Trinajstić information content (AvgIpc) is 3.29. The van der Waals surface area contributed by atoms with E-state index in [1.54, 1.807) is 11.8 Å². The Morgan fingerprint density at radius 3 is 2.76 bits per heavy atom. The minimum absolute atomic E-state index is 0.0744. The van der Waals surface area contributed by atoms with Gasteiger partial charge in [-0.3, -0.25) is 9.80 Å². The number of H-pyrrole nitrogens is 1. The molecule has 1 N–H and O–H groups in total. The zero-order valence-corrected chi connectivity index (χ0v) is 21.9. The molecule has 3 heterocycles. The molecule has 2 aliphatic heterocycles. The standard InChI is InChI=1S/C29H32ClN3O4/c1-2-3-16-37-29(34)33-13-11-24-25-20-22(30)7-10-26(25)31-27(24)28(33)21-5-8-23(9-6-21)36-17-4-12-32-14-18-35-19-15-32/h5-10,20,28,31H,4,11-19H2,1H3. The molecule has 0 saturated carbocycles. The molecule has 2 aromatic carbocycles. The van der Waals surface area contributed by atoms with E-state index in [1.165, 1.54) is 5.56 Å². The summed E-state index contributed by atoms with van der Waals surface area (Å²) in [5.74, 6) is 6.39. The number of rotatable bonds is 7. The molecule has 3 aromatic rings. The lowest BCUT2D eigenvalue weighted by molar-refractivity contribution is 0.0358. The van der Waals surface area contributed by atoms with Gasteiger partial charge in [0.15, 0.2) is 6.61 Å². The second-order valence-electron chi connectivity index (χ2n) is 9.26. The number of carbonyl (C=O) groups is 1. The first-order valence-electron chi connectivity index (χ1n) is 12.8. The van der Waals surface area contributed by atoms with Gasteiger partial charge in [-0.05, 0) is 61.2 Å². The van der Waals surface area contributed by atoms with Crippen molar-refractivity contribution in [3.8, 4) is 17.6 Å². The van der Waals surface area contributed by atoms with Crippen LogP contribution in [0.4, 0.5) is 4.79 Å². The van der Waals surface area contributed by atoms with E-state index < -0.39 is 0 Å². The molecule has 1 aromatic heterocycles. The van der Waals surface area contributed by atoms with Gasteiger partial charge in [-0.15, -0.1) is 5.92 Å². The zero-order chi connectivity index (χ0) is 25.6. The number of fused-ring (bicyclic) bond motifs is 3.